The van der Waals surface area contributed by atoms with Crippen molar-refractivity contribution in [2.45, 2.75) is 19.4 Å². The molecule has 2 aromatic carbocycles. The maximum atomic E-state index is 13.5. The largest absolute Gasteiger partial charge is 0.388 e. The molecule has 1 nitrogen and oxygen atoms in total. The van der Waals surface area contributed by atoms with Crippen molar-refractivity contribution in [3.8, 4) is 0 Å². The molecule has 1 unspecified atom stereocenters. The maximum absolute atomic E-state index is 13.5. The van der Waals surface area contributed by atoms with Crippen molar-refractivity contribution in [3.05, 3.63) is 70.8 Å². The summed E-state index contributed by atoms with van der Waals surface area (Å²) < 4.78 is 26.2. The van der Waals surface area contributed by atoms with Gasteiger partial charge >= 0.3 is 0 Å². The Morgan fingerprint density at radius 3 is 2.56 bits per heavy atom. The first-order chi connectivity index (χ1) is 8.56. The molecule has 0 heterocycles. The number of benzene rings is 2. The van der Waals surface area contributed by atoms with Crippen LogP contribution in [0.5, 0.6) is 0 Å². The predicted molar refractivity (Wildman–Crippen MR) is 66.2 cm³/mol. The van der Waals surface area contributed by atoms with E-state index in [1.807, 2.05) is 25.1 Å². The van der Waals surface area contributed by atoms with Crippen LogP contribution in [0.3, 0.4) is 0 Å². The van der Waals surface area contributed by atoms with Crippen molar-refractivity contribution in [3.63, 3.8) is 0 Å². The molecule has 94 valence electrons. The van der Waals surface area contributed by atoms with E-state index >= 15 is 0 Å². The third-order valence-electron chi connectivity index (χ3n) is 2.86. The Morgan fingerprint density at radius 1 is 1.11 bits per heavy atom. The minimum absolute atomic E-state index is 0.134. The zero-order chi connectivity index (χ0) is 13.1. The molecule has 0 bridgehead atoms. The van der Waals surface area contributed by atoms with E-state index in [1.165, 1.54) is 12.1 Å². The van der Waals surface area contributed by atoms with Gasteiger partial charge in [0.15, 0.2) is 0 Å². The van der Waals surface area contributed by atoms with Crippen LogP contribution in [0.25, 0.3) is 0 Å². The summed E-state index contributed by atoms with van der Waals surface area (Å²) in [5, 5.41) is 10.0. The lowest BCUT2D eigenvalue weighted by molar-refractivity contribution is 0.177. The quantitative estimate of drug-likeness (QED) is 0.880. The Kier molecular flexibility index (Phi) is 3.72. The molecular weight excluding hydrogens is 234 g/mol. The second-order valence-corrected chi connectivity index (χ2v) is 4.37. The third kappa shape index (κ3) is 2.93. The molecule has 18 heavy (non-hydrogen) atoms. The van der Waals surface area contributed by atoms with Crippen molar-refractivity contribution in [2.24, 2.45) is 0 Å². The van der Waals surface area contributed by atoms with Gasteiger partial charge in [0.25, 0.3) is 0 Å². The molecule has 0 saturated heterocycles. The summed E-state index contributed by atoms with van der Waals surface area (Å²) in [4.78, 5) is 0. The van der Waals surface area contributed by atoms with Crippen molar-refractivity contribution in [1.82, 2.24) is 0 Å². The van der Waals surface area contributed by atoms with Crippen molar-refractivity contribution in [2.75, 3.05) is 0 Å². The number of hydrogen-bond acceptors (Lipinski definition) is 1. The Bertz CT molecular complexity index is 552. The maximum Gasteiger partial charge on any atom is 0.129 e. The lowest BCUT2D eigenvalue weighted by Crippen LogP contribution is -2.04. The van der Waals surface area contributed by atoms with Gasteiger partial charge in [-0.3, -0.25) is 0 Å². The Hall–Kier alpha value is -1.74. The van der Waals surface area contributed by atoms with Crippen LogP contribution in [0.1, 0.15) is 22.8 Å². The van der Waals surface area contributed by atoms with Gasteiger partial charge in [0.05, 0.1) is 6.10 Å². The monoisotopic (exact) mass is 248 g/mol. The van der Waals surface area contributed by atoms with Gasteiger partial charge in [-0.1, -0.05) is 35.9 Å². The molecule has 0 fully saturated rings. The molecule has 0 aromatic heterocycles. The van der Waals surface area contributed by atoms with Crippen molar-refractivity contribution < 1.29 is 13.9 Å². The summed E-state index contributed by atoms with van der Waals surface area (Å²) in [6, 6.07) is 10.8. The van der Waals surface area contributed by atoms with Gasteiger partial charge in [-0.05, 0) is 24.1 Å². The second-order valence-electron chi connectivity index (χ2n) is 4.37. The average molecular weight is 248 g/mol. The lowest BCUT2D eigenvalue weighted by Gasteiger charge is -2.12. The molecular formula is C15H14F2O. The minimum atomic E-state index is -0.787. The lowest BCUT2D eigenvalue weighted by atomic mass is 10.00. The van der Waals surface area contributed by atoms with Crippen LogP contribution in [0.4, 0.5) is 8.78 Å². The number of aliphatic hydroxyl groups excluding tert-OH is 1. The average Bonchev–Trinajstić information content (AvgIpc) is 2.32. The first kappa shape index (κ1) is 12.7. The fraction of sp³-hybridized carbons (Fsp3) is 0.200. The molecule has 0 spiro atoms. The summed E-state index contributed by atoms with van der Waals surface area (Å²) in [6.45, 7) is 1.93. The highest BCUT2D eigenvalue weighted by Gasteiger charge is 2.12. The van der Waals surface area contributed by atoms with E-state index in [2.05, 4.69) is 0 Å². The summed E-state index contributed by atoms with van der Waals surface area (Å²) in [5.74, 6) is -1.23. The van der Waals surface area contributed by atoms with Gasteiger partial charge in [-0.2, -0.15) is 0 Å². The number of aliphatic hydroxyl groups is 1. The Labute approximate surface area is 105 Å². The van der Waals surface area contributed by atoms with Crippen molar-refractivity contribution in [1.29, 1.82) is 0 Å². The van der Waals surface area contributed by atoms with Gasteiger partial charge in [-0.15, -0.1) is 0 Å². The molecule has 2 aromatic rings. The van der Waals surface area contributed by atoms with E-state index in [1.54, 1.807) is 6.07 Å². The van der Waals surface area contributed by atoms with Gasteiger partial charge in [-0.25, -0.2) is 8.78 Å². The van der Waals surface area contributed by atoms with E-state index in [4.69, 9.17) is 0 Å². The molecule has 3 heteroatoms. The normalized spacial score (nSPS) is 12.4. The van der Waals surface area contributed by atoms with E-state index in [9.17, 15) is 13.9 Å². The highest BCUT2D eigenvalue weighted by molar-refractivity contribution is 5.27. The fourth-order valence-corrected chi connectivity index (χ4v) is 1.89. The zero-order valence-corrected chi connectivity index (χ0v) is 10.0. The molecule has 0 radical (unpaired) electrons. The fourth-order valence-electron chi connectivity index (χ4n) is 1.89. The standard InChI is InChI=1S/C15H14F2O/c1-10-3-2-4-12(7-10)15(18)8-11-5-6-13(16)9-14(11)17/h2-7,9,15,18H,8H2,1H3. The van der Waals surface area contributed by atoms with E-state index in [-0.39, 0.29) is 6.42 Å². The van der Waals surface area contributed by atoms with Crippen LogP contribution in [-0.2, 0) is 6.42 Å². The zero-order valence-electron chi connectivity index (χ0n) is 10.0. The first-order valence-corrected chi connectivity index (χ1v) is 5.75. The molecule has 0 aliphatic carbocycles. The van der Waals surface area contributed by atoms with Crippen molar-refractivity contribution >= 4 is 0 Å². The number of aryl methyl sites for hydroxylation is 1. The second kappa shape index (κ2) is 5.27. The molecule has 2 rings (SSSR count). The van der Waals surface area contributed by atoms with Crippen LogP contribution in [0, 0.1) is 18.6 Å². The molecule has 0 saturated carbocycles. The van der Waals surface area contributed by atoms with E-state index in [0.29, 0.717) is 5.56 Å². The summed E-state index contributed by atoms with van der Waals surface area (Å²) in [7, 11) is 0. The van der Waals surface area contributed by atoms with E-state index in [0.717, 1.165) is 17.2 Å². The molecule has 1 N–H and O–H groups in total. The van der Waals surface area contributed by atoms with Crippen LogP contribution in [0.15, 0.2) is 42.5 Å². The van der Waals surface area contributed by atoms with E-state index < -0.39 is 17.7 Å². The molecule has 0 aliphatic rings. The smallest absolute Gasteiger partial charge is 0.129 e. The van der Waals surface area contributed by atoms with Crippen LogP contribution in [-0.4, -0.2) is 5.11 Å². The van der Waals surface area contributed by atoms with Gasteiger partial charge in [0.2, 0.25) is 0 Å². The van der Waals surface area contributed by atoms with Crippen LogP contribution >= 0.6 is 0 Å². The minimum Gasteiger partial charge on any atom is -0.388 e. The molecule has 1 atom stereocenters. The molecule has 0 aliphatic heterocycles. The number of halogens is 2. The SMILES string of the molecule is Cc1cccc(C(O)Cc2ccc(F)cc2F)c1. The molecule has 0 amide bonds. The number of hydrogen-bond donors (Lipinski definition) is 1. The topological polar surface area (TPSA) is 20.2 Å². The highest BCUT2D eigenvalue weighted by Crippen LogP contribution is 2.21. The predicted octanol–water partition coefficient (Wildman–Crippen LogP) is 3.55. The summed E-state index contributed by atoms with van der Waals surface area (Å²) in [6.07, 6.45) is -0.653. The van der Waals surface area contributed by atoms with Gasteiger partial charge in [0, 0.05) is 12.5 Å². The van der Waals surface area contributed by atoms with Gasteiger partial charge in [0.1, 0.15) is 11.6 Å². The van der Waals surface area contributed by atoms with Gasteiger partial charge < -0.3 is 5.11 Å². The number of rotatable bonds is 3. The van der Waals surface area contributed by atoms with Crippen LogP contribution < -0.4 is 0 Å². The highest BCUT2D eigenvalue weighted by atomic mass is 19.1. The Balaban J connectivity index is 2.18. The third-order valence-corrected chi connectivity index (χ3v) is 2.86. The summed E-state index contributed by atoms with van der Waals surface area (Å²) >= 11 is 0. The van der Waals surface area contributed by atoms with Crippen LogP contribution in [0.2, 0.25) is 0 Å². The Morgan fingerprint density at radius 2 is 1.89 bits per heavy atom. The first-order valence-electron chi connectivity index (χ1n) is 5.75. The summed E-state index contributed by atoms with van der Waals surface area (Å²) in [5.41, 5.74) is 2.08.